The molecule has 0 aliphatic carbocycles. The highest BCUT2D eigenvalue weighted by atomic mass is 32.1. The Labute approximate surface area is 135 Å². The van der Waals surface area contributed by atoms with Gasteiger partial charge in [0.25, 0.3) is 0 Å². The molecule has 1 amide bonds. The molecule has 22 heavy (non-hydrogen) atoms. The van der Waals surface area contributed by atoms with E-state index in [1.165, 1.54) is 5.56 Å². The zero-order valence-electron chi connectivity index (χ0n) is 13.0. The van der Waals surface area contributed by atoms with E-state index < -0.39 is 0 Å². The van der Waals surface area contributed by atoms with Crippen LogP contribution < -0.4 is 0 Å². The number of benzene rings is 1. The number of hydrogen-bond acceptors (Lipinski definition) is 4. The van der Waals surface area contributed by atoms with Crippen molar-refractivity contribution in [1.82, 2.24) is 14.8 Å². The molecule has 0 unspecified atom stereocenters. The monoisotopic (exact) mass is 315 g/mol. The van der Waals surface area contributed by atoms with E-state index in [1.54, 1.807) is 11.3 Å². The molecule has 0 N–H and O–H groups in total. The molecule has 5 heteroatoms. The van der Waals surface area contributed by atoms with E-state index in [4.69, 9.17) is 0 Å². The van der Waals surface area contributed by atoms with Crippen LogP contribution >= 0.6 is 11.3 Å². The van der Waals surface area contributed by atoms with Crippen LogP contribution in [0.1, 0.15) is 22.3 Å². The molecular formula is C17H21N3OS. The predicted octanol–water partition coefficient (Wildman–Crippen LogP) is 2.51. The van der Waals surface area contributed by atoms with Crippen LogP contribution in [0.2, 0.25) is 0 Å². The normalized spacial score (nSPS) is 19.4. The van der Waals surface area contributed by atoms with E-state index in [0.717, 1.165) is 30.3 Å². The number of aryl methyl sites for hydroxylation is 1. The van der Waals surface area contributed by atoms with Gasteiger partial charge < -0.3 is 9.80 Å². The first-order valence-electron chi connectivity index (χ1n) is 7.57. The SMILES string of the molecule is Cc1nc(CC(=O)N2CCN(C)C[C@H]2c2ccccc2)cs1. The summed E-state index contributed by atoms with van der Waals surface area (Å²) in [5, 5.41) is 3.00. The third-order valence-corrected chi connectivity index (χ3v) is 4.91. The first kappa shape index (κ1) is 15.2. The van der Waals surface area contributed by atoms with Crippen molar-refractivity contribution in [2.75, 3.05) is 26.7 Å². The van der Waals surface area contributed by atoms with Crippen molar-refractivity contribution in [2.45, 2.75) is 19.4 Å². The fraction of sp³-hybridized carbons (Fsp3) is 0.412. The van der Waals surface area contributed by atoms with E-state index in [9.17, 15) is 4.79 Å². The van der Waals surface area contributed by atoms with Gasteiger partial charge >= 0.3 is 0 Å². The number of rotatable bonds is 3. The Balaban J connectivity index is 1.78. The molecule has 1 saturated heterocycles. The van der Waals surface area contributed by atoms with Crippen molar-refractivity contribution in [3.8, 4) is 0 Å². The zero-order valence-corrected chi connectivity index (χ0v) is 13.8. The van der Waals surface area contributed by atoms with Crippen LogP contribution in [0.5, 0.6) is 0 Å². The van der Waals surface area contributed by atoms with Gasteiger partial charge in [0, 0.05) is 25.0 Å². The summed E-state index contributed by atoms with van der Waals surface area (Å²) in [6.07, 6.45) is 0.400. The minimum Gasteiger partial charge on any atom is -0.333 e. The number of thiazole rings is 1. The minimum atomic E-state index is 0.132. The highest BCUT2D eigenvalue weighted by molar-refractivity contribution is 7.09. The number of aromatic nitrogens is 1. The summed E-state index contributed by atoms with van der Waals surface area (Å²) in [5.74, 6) is 0.173. The van der Waals surface area contributed by atoms with Gasteiger partial charge in [0.2, 0.25) is 5.91 Å². The summed E-state index contributed by atoms with van der Waals surface area (Å²) in [4.78, 5) is 21.5. The lowest BCUT2D eigenvalue weighted by Gasteiger charge is -2.40. The fourth-order valence-electron chi connectivity index (χ4n) is 2.92. The number of amides is 1. The summed E-state index contributed by atoms with van der Waals surface area (Å²) >= 11 is 1.60. The fourth-order valence-corrected chi connectivity index (χ4v) is 3.54. The molecular weight excluding hydrogens is 294 g/mol. The maximum atomic E-state index is 12.7. The number of piperazine rings is 1. The van der Waals surface area contributed by atoms with Crippen molar-refractivity contribution < 1.29 is 4.79 Å². The van der Waals surface area contributed by atoms with Crippen molar-refractivity contribution >= 4 is 17.2 Å². The molecule has 0 spiro atoms. The maximum Gasteiger partial charge on any atom is 0.229 e. The summed E-state index contributed by atoms with van der Waals surface area (Å²) < 4.78 is 0. The Bertz CT molecular complexity index is 640. The average molecular weight is 315 g/mol. The van der Waals surface area contributed by atoms with E-state index >= 15 is 0 Å². The Hall–Kier alpha value is -1.72. The van der Waals surface area contributed by atoms with Crippen LogP contribution in [0.3, 0.4) is 0 Å². The van der Waals surface area contributed by atoms with E-state index in [0.29, 0.717) is 6.42 Å². The number of hydrogen-bond donors (Lipinski definition) is 0. The predicted molar refractivity (Wildman–Crippen MR) is 88.9 cm³/mol. The summed E-state index contributed by atoms with van der Waals surface area (Å²) in [5.41, 5.74) is 2.09. The van der Waals surface area contributed by atoms with Gasteiger partial charge in [-0.15, -0.1) is 11.3 Å². The van der Waals surface area contributed by atoms with Gasteiger partial charge in [0.1, 0.15) is 0 Å². The van der Waals surface area contributed by atoms with Crippen molar-refractivity contribution in [3.63, 3.8) is 0 Å². The lowest BCUT2D eigenvalue weighted by Crippen LogP contribution is -2.49. The second-order valence-corrected chi connectivity index (χ2v) is 6.87. The molecule has 0 radical (unpaired) electrons. The molecule has 0 bridgehead atoms. The van der Waals surface area contributed by atoms with Crippen LogP contribution in [0.25, 0.3) is 0 Å². The van der Waals surface area contributed by atoms with Crippen molar-refractivity contribution in [3.05, 3.63) is 52.0 Å². The largest absolute Gasteiger partial charge is 0.333 e. The topological polar surface area (TPSA) is 36.4 Å². The average Bonchev–Trinajstić information content (AvgIpc) is 2.93. The van der Waals surface area contributed by atoms with Gasteiger partial charge in [0.05, 0.1) is 23.2 Å². The first-order valence-corrected chi connectivity index (χ1v) is 8.45. The third-order valence-electron chi connectivity index (χ3n) is 4.09. The van der Waals surface area contributed by atoms with Crippen molar-refractivity contribution in [2.24, 2.45) is 0 Å². The van der Waals surface area contributed by atoms with Crippen molar-refractivity contribution in [1.29, 1.82) is 0 Å². The second kappa shape index (κ2) is 6.58. The summed E-state index contributed by atoms with van der Waals surface area (Å²) in [6, 6.07) is 10.4. The first-order chi connectivity index (χ1) is 10.6. The van der Waals surface area contributed by atoms with Gasteiger partial charge in [-0.1, -0.05) is 30.3 Å². The number of carbonyl (C=O) groups is 1. The quantitative estimate of drug-likeness (QED) is 0.873. The molecule has 2 aromatic rings. The molecule has 2 heterocycles. The van der Waals surface area contributed by atoms with Crippen LogP contribution in [0, 0.1) is 6.92 Å². The highest BCUT2D eigenvalue weighted by Gasteiger charge is 2.30. The molecule has 1 aromatic heterocycles. The van der Waals surface area contributed by atoms with Gasteiger partial charge in [-0.3, -0.25) is 4.79 Å². The molecule has 1 aliphatic rings. The Morgan fingerprint density at radius 2 is 2.09 bits per heavy atom. The van der Waals surface area contributed by atoms with Crippen LogP contribution in [0.4, 0.5) is 0 Å². The van der Waals surface area contributed by atoms with Gasteiger partial charge in [-0.25, -0.2) is 4.98 Å². The molecule has 1 fully saturated rings. The summed E-state index contributed by atoms with van der Waals surface area (Å²) in [7, 11) is 2.11. The van der Waals surface area contributed by atoms with Gasteiger partial charge in [0.15, 0.2) is 0 Å². The third kappa shape index (κ3) is 3.36. The number of likely N-dealkylation sites (N-methyl/N-ethyl adjacent to an activating group) is 1. The Kier molecular flexibility index (Phi) is 4.55. The van der Waals surface area contributed by atoms with Gasteiger partial charge in [-0.05, 0) is 19.5 Å². The molecule has 3 rings (SSSR count). The smallest absolute Gasteiger partial charge is 0.229 e. The van der Waals surface area contributed by atoms with E-state index in [1.807, 2.05) is 35.4 Å². The van der Waals surface area contributed by atoms with E-state index in [2.05, 4.69) is 29.1 Å². The lowest BCUT2D eigenvalue weighted by atomic mass is 10.0. The maximum absolute atomic E-state index is 12.7. The molecule has 1 aromatic carbocycles. The Morgan fingerprint density at radius 1 is 1.32 bits per heavy atom. The Morgan fingerprint density at radius 3 is 2.77 bits per heavy atom. The standard InChI is InChI=1S/C17H21N3OS/c1-13-18-15(12-22-13)10-17(21)20-9-8-19(2)11-16(20)14-6-4-3-5-7-14/h3-7,12,16H,8-11H2,1-2H3/t16-/m0/s1. The molecule has 1 atom stereocenters. The highest BCUT2D eigenvalue weighted by Crippen LogP contribution is 2.25. The molecule has 4 nitrogen and oxygen atoms in total. The zero-order chi connectivity index (χ0) is 15.5. The van der Waals surface area contributed by atoms with Gasteiger partial charge in [-0.2, -0.15) is 0 Å². The molecule has 116 valence electrons. The van der Waals surface area contributed by atoms with Crippen LogP contribution in [-0.4, -0.2) is 47.4 Å². The minimum absolute atomic E-state index is 0.132. The number of nitrogens with zero attached hydrogens (tertiary/aromatic N) is 3. The van der Waals surface area contributed by atoms with Crippen LogP contribution in [-0.2, 0) is 11.2 Å². The molecule has 1 aliphatic heterocycles. The molecule has 0 saturated carbocycles. The summed E-state index contributed by atoms with van der Waals surface area (Å²) in [6.45, 7) is 4.55. The van der Waals surface area contributed by atoms with E-state index in [-0.39, 0.29) is 11.9 Å². The second-order valence-electron chi connectivity index (χ2n) is 5.81. The lowest BCUT2D eigenvalue weighted by molar-refractivity contribution is -0.135. The number of carbonyl (C=O) groups excluding carboxylic acids is 1. The van der Waals surface area contributed by atoms with Crippen LogP contribution in [0.15, 0.2) is 35.7 Å².